The average molecular weight is 621 g/mol. The van der Waals surface area contributed by atoms with Gasteiger partial charge in [0.2, 0.25) is 0 Å². The van der Waals surface area contributed by atoms with Gasteiger partial charge in [-0.05, 0) is 80.6 Å². The van der Waals surface area contributed by atoms with E-state index in [9.17, 15) is 9.18 Å². The number of hydrogen-bond acceptors (Lipinski definition) is 6. The molecular formula is C34H41FN4O2S2. The second kappa shape index (κ2) is 13.5. The molecule has 2 aliphatic heterocycles. The summed E-state index contributed by atoms with van der Waals surface area (Å²) in [5.41, 5.74) is 4.79. The fourth-order valence-electron chi connectivity index (χ4n) is 6.80. The van der Waals surface area contributed by atoms with Crippen LogP contribution in [0.4, 0.5) is 4.39 Å². The molecule has 0 bridgehead atoms. The van der Waals surface area contributed by atoms with Crippen LogP contribution in [0.2, 0.25) is 0 Å². The van der Waals surface area contributed by atoms with Gasteiger partial charge in [-0.25, -0.2) is 4.39 Å². The van der Waals surface area contributed by atoms with Crippen molar-refractivity contribution in [1.29, 1.82) is 0 Å². The number of thioether (sulfide) groups is 2. The molecule has 4 heterocycles. The van der Waals surface area contributed by atoms with Gasteiger partial charge in [0, 0.05) is 43.2 Å². The summed E-state index contributed by atoms with van der Waals surface area (Å²) in [7, 11) is 0. The van der Waals surface area contributed by atoms with Crippen LogP contribution in [0.15, 0.2) is 65.3 Å². The van der Waals surface area contributed by atoms with Crippen molar-refractivity contribution in [2.75, 3.05) is 44.2 Å². The first kappa shape index (κ1) is 30.3. The molecule has 2 aromatic carbocycles. The minimum Gasteiger partial charge on any atom is -0.356 e. The topological polar surface area (TPSA) is 54.5 Å². The number of carbonyl (C=O) groups is 1. The van der Waals surface area contributed by atoms with E-state index >= 15 is 0 Å². The summed E-state index contributed by atoms with van der Waals surface area (Å²) in [6.07, 6.45) is 6.04. The summed E-state index contributed by atoms with van der Waals surface area (Å²) < 4.78 is 21.2. The largest absolute Gasteiger partial charge is 0.356 e. The highest BCUT2D eigenvalue weighted by Crippen LogP contribution is 2.52. The Morgan fingerprint density at radius 3 is 2.51 bits per heavy atom. The lowest BCUT2D eigenvalue weighted by Crippen LogP contribution is -2.37. The van der Waals surface area contributed by atoms with Gasteiger partial charge >= 0.3 is 0 Å². The number of carbonyl (C=O) groups excluding carboxylic acids is 1. The highest BCUT2D eigenvalue weighted by atomic mass is 32.2. The van der Waals surface area contributed by atoms with Crippen molar-refractivity contribution in [3.63, 3.8) is 0 Å². The third-order valence-electron chi connectivity index (χ3n) is 8.84. The van der Waals surface area contributed by atoms with Gasteiger partial charge in [-0.1, -0.05) is 49.3 Å². The van der Waals surface area contributed by atoms with Gasteiger partial charge in [0.25, 0.3) is 5.91 Å². The third kappa shape index (κ3) is 6.40. The van der Waals surface area contributed by atoms with Crippen molar-refractivity contribution >= 4 is 40.4 Å². The van der Waals surface area contributed by atoms with Crippen molar-refractivity contribution in [1.82, 2.24) is 19.5 Å². The summed E-state index contributed by atoms with van der Waals surface area (Å²) >= 11 is 3.97. The standard InChI is InChI=1S/C34H41FN4O2S2/c1-3-42-34(43-4-2)16-22-38(33(40)29-15-21-39(32(29)34)24-25-9-6-5-7-10-25)18-8-17-37-19-13-26(14-20-37)31-28-12-11-27(35)23-30(28)41-36-31/h5-7,9-12,15,21,23,26H,3-4,8,13-14,16-20,22,24H2,1-2H3. The molecule has 2 aliphatic rings. The number of rotatable bonds is 11. The molecule has 1 saturated heterocycles. The first-order valence-electron chi connectivity index (χ1n) is 15.6. The normalized spacial score (nSPS) is 17.8. The second-order valence-electron chi connectivity index (χ2n) is 11.5. The lowest BCUT2D eigenvalue weighted by molar-refractivity contribution is 0.0750. The molecule has 0 radical (unpaired) electrons. The Morgan fingerprint density at radius 1 is 1.00 bits per heavy atom. The number of benzene rings is 2. The van der Waals surface area contributed by atoms with Crippen LogP contribution in [0, 0.1) is 5.82 Å². The van der Waals surface area contributed by atoms with Gasteiger partial charge < -0.3 is 18.9 Å². The van der Waals surface area contributed by atoms with Crippen LogP contribution < -0.4 is 0 Å². The van der Waals surface area contributed by atoms with Crippen molar-refractivity contribution in [2.24, 2.45) is 0 Å². The Labute approximate surface area is 262 Å². The van der Waals surface area contributed by atoms with E-state index in [-0.39, 0.29) is 15.8 Å². The summed E-state index contributed by atoms with van der Waals surface area (Å²) in [5.74, 6) is 2.22. The molecule has 0 unspecified atom stereocenters. The molecule has 0 atom stereocenters. The fourth-order valence-corrected chi connectivity index (χ4v) is 9.97. The van der Waals surface area contributed by atoms with Gasteiger partial charge in [-0.3, -0.25) is 4.79 Å². The van der Waals surface area contributed by atoms with E-state index in [1.165, 1.54) is 23.4 Å². The molecule has 1 fully saturated rings. The summed E-state index contributed by atoms with van der Waals surface area (Å²) in [6, 6.07) is 17.3. The number of aromatic nitrogens is 2. The molecule has 4 aromatic rings. The van der Waals surface area contributed by atoms with E-state index in [0.717, 1.165) is 93.1 Å². The number of halogens is 1. The van der Waals surface area contributed by atoms with Crippen LogP contribution in [0.5, 0.6) is 0 Å². The number of piperidine rings is 1. The van der Waals surface area contributed by atoms with Crippen molar-refractivity contribution in [2.45, 2.75) is 56.1 Å². The van der Waals surface area contributed by atoms with Crippen LogP contribution in [-0.2, 0) is 10.6 Å². The quantitative estimate of drug-likeness (QED) is 0.161. The first-order valence-corrected chi connectivity index (χ1v) is 17.6. The van der Waals surface area contributed by atoms with E-state index in [1.807, 2.05) is 23.5 Å². The first-order chi connectivity index (χ1) is 21.0. The number of amides is 1. The van der Waals surface area contributed by atoms with Gasteiger partial charge in [-0.15, -0.1) is 23.5 Å². The van der Waals surface area contributed by atoms with Crippen molar-refractivity contribution in [3.05, 3.63) is 89.1 Å². The molecule has 9 heteroatoms. The molecule has 0 spiro atoms. The number of hydrogen-bond donors (Lipinski definition) is 0. The summed E-state index contributed by atoms with van der Waals surface area (Å²) in [6.45, 7) is 9.73. The Hall–Kier alpha value is -2.75. The summed E-state index contributed by atoms with van der Waals surface area (Å²) in [5, 5.41) is 5.22. The number of fused-ring (bicyclic) bond motifs is 2. The predicted molar refractivity (Wildman–Crippen MR) is 175 cm³/mol. The maximum Gasteiger partial charge on any atom is 0.255 e. The van der Waals surface area contributed by atoms with Gasteiger partial charge in [0.05, 0.1) is 17.0 Å². The Kier molecular flexibility index (Phi) is 9.50. The van der Waals surface area contributed by atoms with Gasteiger partial charge in [0.15, 0.2) is 5.58 Å². The van der Waals surface area contributed by atoms with Crippen LogP contribution in [-0.4, -0.2) is 69.7 Å². The maximum atomic E-state index is 14.0. The molecule has 228 valence electrons. The lowest BCUT2D eigenvalue weighted by atomic mass is 9.91. The zero-order valence-corrected chi connectivity index (χ0v) is 26.8. The highest BCUT2D eigenvalue weighted by molar-refractivity contribution is 8.17. The van der Waals surface area contributed by atoms with Crippen LogP contribution in [0.3, 0.4) is 0 Å². The Bertz CT molecular complexity index is 1520. The monoisotopic (exact) mass is 620 g/mol. The maximum absolute atomic E-state index is 14.0. The predicted octanol–water partition coefficient (Wildman–Crippen LogP) is 7.59. The van der Waals surface area contributed by atoms with Crippen molar-refractivity contribution < 1.29 is 13.7 Å². The molecule has 0 aliphatic carbocycles. The van der Waals surface area contributed by atoms with E-state index in [4.69, 9.17) is 4.52 Å². The Morgan fingerprint density at radius 2 is 1.77 bits per heavy atom. The van der Waals surface area contributed by atoms with E-state index in [0.29, 0.717) is 11.5 Å². The smallest absolute Gasteiger partial charge is 0.255 e. The zero-order chi connectivity index (χ0) is 29.8. The minimum atomic E-state index is -0.298. The minimum absolute atomic E-state index is 0.138. The Balaban J connectivity index is 1.11. The molecule has 2 aromatic heterocycles. The lowest BCUT2D eigenvalue weighted by Gasteiger charge is -2.34. The molecular weight excluding hydrogens is 580 g/mol. The van der Waals surface area contributed by atoms with Crippen LogP contribution >= 0.6 is 23.5 Å². The molecule has 0 saturated carbocycles. The van der Waals surface area contributed by atoms with Crippen LogP contribution in [0.1, 0.15) is 72.8 Å². The van der Waals surface area contributed by atoms with Gasteiger partial charge in [0.1, 0.15) is 9.90 Å². The zero-order valence-electron chi connectivity index (χ0n) is 25.1. The van der Waals surface area contributed by atoms with Crippen LogP contribution in [0.25, 0.3) is 11.0 Å². The van der Waals surface area contributed by atoms with E-state index in [1.54, 1.807) is 6.07 Å². The van der Waals surface area contributed by atoms with E-state index in [2.05, 4.69) is 76.0 Å². The SMILES string of the molecule is CCSC1(SCC)CCN(CCCN2CCC(c3noc4cc(F)ccc34)CC2)C(=O)c2ccn(Cc3ccccc3)c21. The fraction of sp³-hybridized carbons (Fsp3) is 0.471. The molecule has 6 rings (SSSR count). The molecule has 6 nitrogen and oxygen atoms in total. The van der Waals surface area contributed by atoms with Gasteiger partial charge in [-0.2, -0.15) is 0 Å². The van der Waals surface area contributed by atoms with Crippen molar-refractivity contribution in [3.8, 4) is 0 Å². The number of nitrogens with zero attached hydrogens (tertiary/aromatic N) is 4. The second-order valence-corrected chi connectivity index (χ2v) is 14.9. The molecule has 0 N–H and O–H groups in total. The highest BCUT2D eigenvalue weighted by Gasteiger charge is 2.42. The average Bonchev–Trinajstić information content (AvgIpc) is 3.61. The third-order valence-corrected chi connectivity index (χ3v) is 11.9. The number of likely N-dealkylation sites (tertiary alicyclic amines) is 1. The molecule has 43 heavy (non-hydrogen) atoms. The summed E-state index contributed by atoms with van der Waals surface area (Å²) in [4.78, 5) is 18.6. The van der Waals surface area contributed by atoms with E-state index < -0.39 is 0 Å². The molecule has 1 amide bonds.